The Bertz CT molecular complexity index is 737. The number of pyridine rings is 1. The molecule has 18 heavy (non-hydrogen) atoms. The van der Waals surface area contributed by atoms with Gasteiger partial charge in [0, 0.05) is 18.1 Å². The van der Waals surface area contributed by atoms with Gasteiger partial charge in [-0.05, 0) is 18.2 Å². The predicted molar refractivity (Wildman–Crippen MR) is 69.9 cm³/mol. The average molecular weight is 238 g/mol. The SMILES string of the molecule is O=c1[nH]ccc2nc(Nc3ccccc3)ncc12. The molecule has 0 fully saturated rings. The second-order valence-corrected chi connectivity index (χ2v) is 3.79. The summed E-state index contributed by atoms with van der Waals surface area (Å²) in [4.78, 5) is 22.5. The molecular weight excluding hydrogens is 228 g/mol. The molecule has 2 heterocycles. The number of fused-ring (bicyclic) bond motifs is 1. The number of anilines is 2. The molecule has 5 nitrogen and oxygen atoms in total. The summed E-state index contributed by atoms with van der Waals surface area (Å²) in [5, 5.41) is 3.56. The van der Waals surface area contributed by atoms with Gasteiger partial charge in [0.2, 0.25) is 5.95 Å². The molecule has 0 saturated carbocycles. The van der Waals surface area contributed by atoms with Crippen molar-refractivity contribution in [3.05, 3.63) is 59.1 Å². The van der Waals surface area contributed by atoms with E-state index in [1.54, 1.807) is 12.3 Å². The molecule has 2 aromatic heterocycles. The third-order valence-electron chi connectivity index (χ3n) is 2.55. The minimum absolute atomic E-state index is 0.182. The summed E-state index contributed by atoms with van der Waals surface area (Å²) in [6.45, 7) is 0. The fourth-order valence-electron chi connectivity index (χ4n) is 1.68. The number of aromatic nitrogens is 3. The monoisotopic (exact) mass is 238 g/mol. The highest BCUT2D eigenvalue weighted by molar-refractivity contribution is 5.77. The maximum atomic E-state index is 11.5. The zero-order valence-corrected chi connectivity index (χ0v) is 9.42. The van der Waals surface area contributed by atoms with Crippen molar-refractivity contribution < 1.29 is 0 Å². The topological polar surface area (TPSA) is 70.7 Å². The van der Waals surface area contributed by atoms with Gasteiger partial charge in [-0.1, -0.05) is 18.2 Å². The summed E-state index contributed by atoms with van der Waals surface area (Å²) in [7, 11) is 0. The summed E-state index contributed by atoms with van der Waals surface area (Å²) in [6, 6.07) is 11.4. The highest BCUT2D eigenvalue weighted by atomic mass is 16.1. The van der Waals surface area contributed by atoms with E-state index in [4.69, 9.17) is 0 Å². The van der Waals surface area contributed by atoms with Crippen molar-refractivity contribution in [2.45, 2.75) is 0 Å². The van der Waals surface area contributed by atoms with Crippen LogP contribution in [0.3, 0.4) is 0 Å². The van der Waals surface area contributed by atoms with Crippen molar-refractivity contribution in [1.82, 2.24) is 15.0 Å². The van der Waals surface area contributed by atoms with Crippen LogP contribution in [0.2, 0.25) is 0 Å². The van der Waals surface area contributed by atoms with Crippen molar-refractivity contribution >= 4 is 22.5 Å². The molecule has 0 atom stereocenters. The van der Waals surface area contributed by atoms with E-state index in [0.29, 0.717) is 16.9 Å². The van der Waals surface area contributed by atoms with Crippen LogP contribution >= 0.6 is 0 Å². The van der Waals surface area contributed by atoms with Gasteiger partial charge in [-0.15, -0.1) is 0 Å². The van der Waals surface area contributed by atoms with E-state index in [2.05, 4.69) is 20.3 Å². The molecule has 0 amide bonds. The van der Waals surface area contributed by atoms with Crippen molar-refractivity contribution in [3.8, 4) is 0 Å². The van der Waals surface area contributed by atoms with Crippen LogP contribution in [-0.2, 0) is 0 Å². The van der Waals surface area contributed by atoms with Crippen LogP contribution in [0.5, 0.6) is 0 Å². The zero-order chi connectivity index (χ0) is 12.4. The predicted octanol–water partition coefficient (Wildman–Crippen LogP) is 2.06. The second kappa shape index (κ2) is 4.29. The van der Waals surface area contributed by atoms with Crippen molar-refractivity contribution in [2.75, 3.05) is 5.32 Å². The number of hydrogen-bond donors (Lipinski definition) is 2. The standard InChI is InChI=1S/C13H10N4O/c18-12-10-8-15-13(17-11(10)6-7-14-12)16-9-4-2-1-3-5-9/h1-8H,(H,14,18)(H,15,16,17). The lowest BCUT2D eigenvalue weighted by Gasteiger charge is -2.04. The van der Waals surface area contributed by atoms with E-state index < -0.39 is 0 Å². The number of hydrogen-bond acceptors (Lipinski definition) is 4. The molecule has 3 rings (SSSR count). The number of rotatable bonds is 2. The molecule has 0 bridgehead atoms. The molecule has 0 saturated heterocycles. The Morgan fingerprint density at radius 2 is 1.94 bits per heavy atom. The van der Waals surface area contributed by atoms with E-state index in [-0.39, 0.29) is 5.56 Å². The highest BCUT2D eigenvalue weighted by Gasteiger charge is 2.02. The van der Waals surface area contributed by atoms with Crippen molar-refractivity contribution in [2.24, 2.45) is 0 Å². The summed E-state index contributed by atoms with van der Waals surface area (Å²) >= 11 is 0. The molecule has 0 aliphatic rings. The maximum absolute atomic E-state index is 11.5. The molecule has 3 aromatic rings. The number of nitrogens with zero attached hydrogens (tertiary/aromatic N) is 2. The summed E-state index contributed by atoms with van der Waals surface area (Å²) in [5.41, 5.74) is 1.34. The van der Waals surface area contributed by atoms with E-state index in [9.17, 15) is 4.79 Å². The first kappa shape index (κ1) is 10.5. The lowest BCUT2D eigenvalue weighted by Crippen LogP contribution is -2.07. The van der Waals surface area contributed by atoms with Gasteiger partial charge >= 0.3 is 0 Å². The Balaban J connectivity index is 2.02. The molecule has 88 valence electrons. The molecule has 0 aliphatic heterocycles. The second-order valence-electron chi connectivity index (χ2n) is 3.79. The van der Waals surface area contributed by atoms with Gasteiger partial charge in [0.05, 0.1) is 10.9 Å². The quantitative estimate of drug-likeness (QED) is 0.717. The molecule has 0 spiro atoms. The van der Waals surface area contributed by atoms with Crippen molar-refractivity contribution in [3.63, 3.8) is 0 Å². The fraction of sp³-hybridized carbons (Fsp3) is 0. The Morgan fingerprint density at radius 3 is 2.78 bits per heavy atom. The molecule has 1 aromatic carbocycles. The molecule has 2 N–H and O–H groups in total. The molecule has 0 aliphatic carbocycles. The molecule has 0 radical (unpaired) electrons. The molecular formula is C13H10N4O. The minimum Gasteiger partial charge on any atom is -0.328 e. The summed E-state index contributed by atoms with van der Waals surface area (Å²) < 4.78 is 0. The summed E-state index contributed by atoms with van der Waals surface area (Å²) in [6.07, 6.45) is 3.09. The van der Waals surface area contributed by atoms with Crippen LogP contribution in [0.4, 0.5) is 11.6 Å². The Hall–Kier alpha value is -2.69. The maximum Gasteiger partial charge on any atom is 0.258 e. The number of para-hydroxylation sites is 1. The van der Waals surface area contributed by atoms with E-state index in [0.717, 1.165) is 5.69 Å². The first-order chi connectivity index (χ1) is 8.83. The molecule has 5 heteroatoms. The first-order valence-electron chi connectivity index (χ1n) is 5.49. The van der Waals surface area contributed by atoms with Gasteiger partial charge in [0.25, 0.3) is 5.56 Å². The highest BCUT2D eigenvalue weighted by Crippen LogP contribution is 2.13. The number of aromatic amines is 1. The average Bonchev–Trinajstić information content (AvgIpc) is 2.40. The lowest BCUT2D eigenvalue weighted by atomic mass is 10.3. The number of H-pyrrole nitrogens is 1. The number of nitrogens with one attached hydrogen (secondary N) is 2. The Kier molecular flexibility index (Phi) is 2.49. The van der Waals surface area contributed by atoms with Crippen LogP contribution in [0.15, 0.2) is 53.6 Å². The zero-order valence-electron chi connectivity index (χ0n) is 9.42. The lowest BCUT2D eigenvalue weighted by molar-refractivity contribution is 1.18. The van der Waals surface area contributed by atoms with E-state index >= 15 is 0 Å². The normalized spacial score (nSPS) is 10.4. The van der Waals surface area contributed by atoms with Gasteiger partial charge in [0.15, 0.2) is 0 Å². The smallest absolute Gasteiger partial charge is 0.258 e. The number of benzene rings is 1. The van der Waals surface area contributed by atoms with E-state index in [1.807, 2.05) is 30.3 Å². The van der Waals surface area contributed by atoms with Crippen LogP contribution in [0.25, 0.3) is 10.9 Å². The van der Waals surface area contributed by atoms with Crippen molar-refractivity contribution in [1.29, 1.82) is 0 Å². The third-order valence-corrected chi connectivity index (χ3v) is 2.55. The van der Waals surface area contributed by atoms with Crippen LogP contribution in [0.1, 0.15) is 0 Å². The van der Waals surface area contributed by atoms with Crippen LogP contribution in [-0.4, -0.2) is 15.0 Å². The van der Waals surface area contributed by atoms with Gasteiger partial charge in [-0.3, -0.25) is 4.79 Å². The van der Waals surface area contributed by atoms with Gasteiger partial charge in [-0.25, -0.2) is 9.97 Å². The summed E-state index contributed by atoms with van der Waals surface area (Å²) in [5.74, 6) is 0.472. The van der Waals surface area contributed by atoms with Crippen LogP contribution in [0, 0.1) is 0 Å². The Morgan fingerprint density at radius 1 is 1.11 bits per heavy atom. The van der Waals surface area contributed by atoms with Gasteiger partial charge < -0.3 is 10.3 Å². The first-order valence-corrected chi connectivity index (χ1v) is 5.49. The minimum atomic E-state index is -0.182. The van der Waals surface area contributed by atoms with Crippen LogP contribution < -0.4 is 10.9 Å². The van der Waals surface area contributed by atoms with Gasteiger partial charge in [-0.2, -0.15) is 0 Å². The fourth-order valence-corrected chi connectivity index (χ4v) is 1.68. The molecule has 0 unspecified atom stereocenters. The van der Waals surface area contributed by atoms with Gasteiger partial charge in [0.1, 0.15) is 0 Å². The van der Waals surface area contributed by atoms with E-state index in [1.165, 1.54) is 6.20 Å². The Labute approximate surface area is 103 Å². The largest absolute Gasteiger partial charge is 0.328 e. The third kappa shape index (κ3) is 1.93.